The molecule has 1 aromatic rings. The molecule has 1 atom stereocenters. The molecule has 3 nitrogen and oxygen atoms in total. The van der Waals surface area contributed by atoms with Crippen molar-refractivity contribution in [2.24, 2.45) is 0 Å². The van der Waals surface area contributed by atoms with Gasteiger partial charge in [0.25, 0.3) is 0 Å². The molecule has 2 rings (SSSR count). The third kappa shape index (κ3) is 2.97. The maximum absolute atomic E-state index is 4.51. The highest BCUT2D eigenvalue weighted by Gasteiger charge is 2.15. The van der Waals surface area contributed by atoms with Crippen LogP contribution in [0.25, 0.3) is 0 Å². The lowest BCUT2D eigenvalue weighted by Gasteiger charge is -2.33. The molecule has 1 fully saturated rings. The smallest absolute Gasteiger partial charge is 0.128 e. The van der Waals surface area contributed by atoms with Gasteiger partial charge in [-0.25, -0.2) is 4.98 Å². The number of hydrogen-bond acceptors (Lipinski definition) is 3. The summed E-state index contributed by atoms with van der Waals surface area (Å²) in [6, 6.07) is 4.41. The molecule has 0 aromatic carbocycles. The Bertz CT molecular complexity index is 356. The number of anilines is 1. The normalized spacial score (nSPS) is 19.4. The van der Waals surface area contributed by atoms with Gasteiger partial charge >= 0.3 is 0 Å². The first-order chi connectivity index (χ1) is 8.20. The molecular formula is C14H23N3. The van der Waals surface area contributed by atoms with Crippen LogP contribution in [0.1, 0.15) is 31.7 Å². The van der Waals surface area contributed by atoms with Crippen molar-refractivity contribution in [1.29, 1.82) is 0 Å². The number of aromatic nitrogens is 1. The van der Waals surface area contributed by atoms with Gasteiger partial charge in [-0.2, -0.15) is 0 Å². The minimum atomic E-state index is 0.629. The molecule has 0 saturated carbocycles. The molecule has 0 bridgehead atoms. The van der Waals surface area contributed by atoms with Gasteiger partial charge in [0.15, 0.2) is 0 Å². The van der Waals surface area contributed by atoms with Crippen molar-refractivity contribution in [2.45, 2.75) is 26.2 Å². The summed E-state index contributed by atoms with van der Waals surface area (Å²) in [5.41, 5.74) is 1.41. The molecule has 1 saturated heterocycles. The SMILES string of the molecule is CCC(C)c1ccnc(N2CCN(C)CC2)c1. The van der Waals surface area contributed by atoms with Crippen molar-refractivity contribution in [3.05, 3.63) is 23.9 Å². The van der Waals surface area contributed by atoms with Crippen molar-refractivity contribution in [2.75, 3.05) is 38.1 Å². The highest BCUT2D eigenvalue weighted by molar-refractivity contribution is 5.42. The van der Waals surface area contributed by atoms with E-state index in [2.05, 4.69) is 47.8 Å². The fourth-order valence-electron chi connectivity index (χ4n) is 2.18. The van der Waals surface area contributed by atoms with Crippen LogP contribution in [0.2, 0.25) is 0 Å². The van der Waals surface area contributed by atoms with Crippen LogP contribution < -0.4 is 4.90 Å². The van der Waals surface area contributed by atoms with Crippen molar-refractivity contribution in [3.63, 3.8) is 0 Å². The fraction of sp³-hybridized carbons (Fsp3) is 0.643. The van der Waals surface area contributed by atoms with E-state index < -0.39 is 0 Å². The van der Waals surface area contributed by atoms with E-state index in [1.807, 2.05) is 6.20 Å². The Hall–Kier alpha value is -1.09. The van der Waals surface area contributed by atoms with E-state index in [1.54, 1.807) is 0 Å². The van der Waals surface area contributed by atoms with Crippen LogP contribution in [0.4, 0.5) is 5.82 Å². The standard InChI is InChI=1S/C14H23N3/c1-4-12(2)13-5-6-15-14(11-13)17-9-7-16(3)8-10-17/h5-6,11-12H,4,7-10H2,1-3H3. The second-order valence-electron chi connectivity index (χ2n) is 5.05. The van der Waals surface area contributed by atoms with Crippen molar-refractivity contribution in [3.8, 4) is 0 Å². The van der Waals surface area contributed by atoms with Crippen LogP contribution in [-0.4, -0.2) is 43.1 Å². The lowest BCUT2D eigenvalue weighted by molar-refractivity contribution is 0.312. The number of nitrogens with zero attached hydrogens (tertiary/aromatic N) is 3. The van der Waals surface area contributed by atoms with Crippen LogP contribution in [0.3, 0.4) is 0 Å². The van der Waals surface area contributed by atoms with E-state index >= 15 is 0 Å². The molecule has 1 aromatic heterocycles. The topological polar surface area (TPSA) is 19.4 Å². The summed E-state index contributed by atoms with van der Waals surface area (Å²) in [5, 5.41) is 0. The molecule has 3 heteroatoms. The molecule has 94 valence electrons. The third-order valence-electron chi connectivity index (χ3n) is 3.78. The Morgan fingerprint density at radius 3 is 2.65 bits per heavy atom. The van der Waals surface area contributed by atoms with Gasteiger partial charge in [-0.15, -0.1) is 0 Å². The van der Waals surface area contributed by atoms with Gasteiger partial charge in [0.1, 0.15) is 5.82 Å². The van der Waals surface area contributed by atoms with E-state index in [-0.39, 0.29) is 0 Å². The molecule has 0 aliphatic carbocycles. The second kappa shape index (κ2) is 5.50. The monoisotopic (exact) mass is 233 g/mol. The first-order valence-corrected chi connectivity index (χ1v) is 6.60. The van der Waals surface area contributed by atoms with Gasteiger partial charge in [-0.3, -0.25) is 0 Å². The minimum absolute atomic E-state index is 0.629. The average Bonchev–Trinajstić information content (AvgIpc) is 2.39. The zero-order chi connectivity index (χ0) is 12.3. The third-order valence-corrected chi connectivity index (χ3v) is 3.78. The van der Waals surface area contributed by atoms with Gasteiger partial charge in [0.05, 0.1) is 0 Å². The van der Waals surface area contributed by atoms with Crippen LogP contribution >= 0.6 is 0 Å². The highest BCUT2D eigenvalue weighted by Crippen LogP contribution is 2.22. The number of piperazine rings is 1. The van der Waals surface area contributed by atoms with Gasteiger partial charge in [0, 0.05) is 32.4 Å². The van der Waals surface area contributed by atoms with Crippen molar-refractivity contribution >= 4 is 5.82 Å². The zero-order valence-corrected chi connectivity index (χ0v) is 11.2. The first-order valence-electron chi connectivity index (χ1n) is 6.60. The summed E-state index contributed by atoms with van der Waals surface area (Å²) in [7, 11) is 2.18. The lowest BCUT2D eigenvalue weighted by Crippen LogP contribution is -2.44. The highest BCUT2D eigenvalue weighted by atomic mass is 15.3. The van der Waals surface area contributed by atoms with Crippen LogP contribution in [0.5, 0.6) is 0 Å². The quantitative estimate of drug-likeness (QED) is 0.799. The lowest BCUT2D eigenvalue weighted by atomic mass is 10.00. The number of likely N-dealkylation sites (N-methyl/N-ethyl adjacent to an activating group) is 1. The molecule has 2 heterocycles. The predicted octanol–water partition coefficient (Wildman–Crippen LogP) is 2.35. The zero-order valence-electron chi connectivity index (χ0n) is 11.2. The predicted molar refractivity (Wildman–Crippen MR) is 72.7 cm³/mol. The van der Waals surface area contributed by atoms with Crippen molar-refractivity contribution < 1.29 is 0 Å². The molecule has 1 unspecified atom stereocenters. The maximum atomic E-state index is 4.51. The summed E-state index contributed by atoms with van der Waals surface area (Å²) in [6.45, 7) is 8.97. The maximum Gasteiger partial charge on any atom is 0.128 e. The van der Waals surface area contributed by atoms with E-state index in [0.717, 1.165) is 32.0 Å². The Kier molecular flexibility index (Phi) is 4.00. The summed E-state index contributed by atoms with van der Waals surface area (Å²) < 4.78 is 0. The van der Waals surface area contributed by atoms with Gasteiger partial charge in [-0.05, 0) is 37.1 Å². The Morgan fingerprint density at radius 2 is 2.00 bits per heavy atom. The van der Waals surface area contributed by atoms with Crippen LogP contribution in [0, 0.1) is 0 Å². The number of hydrogen-bond donors (Lipinski definition) is 0. The molecule has 0 N–H and O–H groups in total. The molecule has 0 radical (unpaired) electrons. The molecule has 0 spiro atoms. The number of rotatable bonds is 3. The minimum Gasteiger partial charge on any atom is -0.354 e. The summed E-state index contributed by atoms with van der Waals surface area (Å²) in [4.78, 5) is 9.28. The molecule has 17 heavy (non-hydrogen) atoms. The van der Waals surface area contributed by atoms with Gasteiger partial charge in [0.2, 0.25) is 0 Å². The van der Waals surface area contributed by atoms with Gasteiger partial charge in [-0.1, -0.05) is 13.8 Å². The van der Waals surface area contributed by atoms with Gasteiger partial charge < -0.3 is 9.80 Å². The number of pyridine rings is 1. The van der Waals surface area contributed by atoms with E-state index in [0.29, 0.717) is 5.92 Å². The molecule has 1 aliphatic heterocycles. The second-order valence-corrected chi connectivity index (χ2v) is 5.05. The van der Waals surface area contributed by atoms with Crippen molar-refractivity contribution in [1.82, 2.24) is 9.88 Å². The van der Waals surface area contributed by atoms with E-state index in [4.69, 9.17) is 0 Å². The van der Waals surface area contributed by atoms with Crippen LogP contribution in [0.15, 0.2) is 18.3 Å². The Balaban J connectivity index is 2.10. The Labute approximate surface area is 104 Å². The summed E-state index contributed by atoms with van der Waals surface area (Å²) >= 11 is 0. The van der Waals surface area contributed by atoms with E-state index in [9.17, 15) is 0 Å². The average molecular weight is 233 g/mol. The molecular weight excluding hydrogens is 210 g/mol. The fourth-order valence-corrected chi connectivity index (χ4v) is 2.18. The summed E-state index contributed by atoms with van der Waals surface area (Å²) in [6.07, 6.45) is 3.14. The van der Waals surface area contributed by atoms with Crippen LogP contribution in [-0.2, 0) is 0 Å². The molecule has 0 amide bonds. The Morgan fingerprint density at radius 1 is 1.29 bits per heavy atom. The largest absolute Gasteiger partial charge is 0.354 e. The van der Waals surface area contributed by atoms with E-state index in [1.165, 1.54) is 12.0 Å². The molecule has 1 aliphatic rings. The first kappa shape index (κ1) is 12.4. The summed E-state index contributed by atoms with van der Waals surface area (Å²) in [5.74, 6) is 1.78.